The van der Waals surface area contributed by atoms with Crippen molar-refractivity contribution >= 4 is 41.3 Å². The number of anilines is 1. The lowest BCUT2D eigenvalue weighted by Gasteiger charge is -2.24. The number of likely N-dealkylation sites (tertiary alicyclic amines) is 2. The average molecular weight is 719 g/mol. The summed E-state index contributed by atoms with van der Waals surface area (Å²) in [5.74, 6) is -1.11. The zero-order valence-electron chi connectivity index (χ0n) is 29.9. The molecule has 2 aliphatic rings. The molecule has 11 heteroatoms. The van der Waals surface area contributed by atoms with Crippen LogP contribution in [0, 0.1) is 30.6 Å². The summed E-state index contributed by atoms with van der Waals surface area (Å²) in [6.45, 7) is 11.1. The third kappa shape index (κ3) is 7.78. The van der Waals surface area contributed by atoms with Crippen molar-refractivity contribution in [2.24, 2.45) is 5.41 Å². The maximum absolute atomic E-state index is 13.3. The molecule has 3 unspecified atom stereocenters. The van der Waals surface area contributed by atoms with Crippen LogP contribution in [0.1, 0.15) is 82.3 Å². The Hall–Kier alpha value is -4.92. The first-order valence-corrected chi connectivity index (χ1v) is 17.9. The van der Waals surface area contributed by atoms with Crippen LogP contribution in [-0.4, -0.2) is 74.1 Å². The van der Waals surface area contributed by atoms with Crippen molar-refractivity contribution in [3.63, 3.8) is 0 Å². The number of aliphatic carboxylic acids is 1. The number of hydrogen-bond donors (Lipinski definition) is 3. The number of nitrogens with one attached hydrogen (secondary N) is 1. The number of amides is 1. The molecule has 3 atom stereocenters. The van der Waals surface area contributed by atoms with Crippen molar-refractivity contribution in [2.45, 2.75) is 59.2 Å². The van der Waals surface area contributed by atoms with Gasteiger partial charge in [0.1, 0.15) is 11.8 Å². The normalized spacial score (nSPS) is 19.9. The van der Waals surface area contributed by atoms with E-state index in [1.165, 1.54) is 0 Å². The van der Waals surface area contributed by atoms with Crippen molar-refractivity contribution in [3.05, 3.63) is 111 Å². The second-order valence-corrected chi connectivity index (χ2v) is 14.6. The highest BCUT2D eigenvalue weighted by molar-refractivity contribution is 6.32. The summed E-state index contributed by atoms with van der Waals surface area (Å²) in [5, 5.41) is 33.4. The molecule has 3 N–H and O–H groups in total. The van der Waals surface area contributed by atoms with Gasteiger partial charge in [0.2, 0.25) is 0 Å². The van der Waals surface area contributed by atoms with Gasteiger partial charge in [0, 0.05) is 60.9 Å². The molecule has 4 aromatic rings. The number of pyridine rings is 2. The van der Waals surface area contributed by atoms with E-state index in [9.17, 15) is 25.1 Å². The van der Waals surface area contributed by atoms with Gasteiger partial charge in [-0.05, 0) is 111 Å². The predicted molar refractivity (Wildman–Crippen MR) is 203 cm³/mol. The van der Waals surface area contributed by atoms with Gasteiger partial charge in [-0.2, -0.15) is 5.26 Å². The van der Waals surface area contributed by atoms with E-state index in [-0.39, 0.29) is 23.7 Å². The van der Waals surface area contributed by atoms with Gasteiger partial charge in [0.15, 0.2) is 0 Å². The number of β-amino-alcohol motifs (C(OH)–C–C–N with tert-alkyl or cyclic N) is 1. The molecule has 6 rings (SSSR count). The summed E-state index contributed by atoms with van der Waals surface area (Å²) in [5.41, 5.74) is 7.13. The third-order valence-electron chi connectivity index (χ3n) is 10.5. The predicted octanol–water partition coefficient (Wildman–Crippen LogP) is 7.13. The fourth-order valence-electron chi connectivity index (χ4n) is 7.13. The van der Waals surface area contributed by atoms with E-state index < -0.39 is 11.4 Å². The monoisotopic (exact) mass is 718 g/mol. The minimum atomic E-state index is -0.768. The molecule has 2 aromatic carbocycles. The van der Waals surface area contributed by atoms with Gasteiger partial charge in [0.25, 0.3) is 5.91 Å². The zero-order valence-corrected chi connectivity index (χ0v) is 30.6. The van der Waals surface area contributed by atoms with Gasteiger partial charge in [-0.15, -0.1) is 0 Å². The fraction of sp³-hybridized carbons (Fsp3) is 0.341. The van der Waals surface area contributed by atoms with Crippen molar-refractivity contribution in [3.8, 4) is 17.2 Å². The molecule has 268 valence electrons. The average Bonchev–Trinajstić information content (AvgIpc) is 3.75. The molecule has 0 bridgehead atoms. The molecule has 52 heavy (non-hydrogen) atoms. The number of nitrogens with zero attached hydrogens (tertiary/aromatic N) is 5. The summed E-state index contributed by atoms with van der Waals surface area (Å²) in [7, 11) is 0. The van der Waals surface area contributed by atoms with Crippen LogP contribution in [0.2, 0.25) is 5.02 Å². The van der Waals surface area contributed by atoms with E-state index in [1.54, 1.807) is 37.5 Å². The number of carboxylic acid groups (broad SMARTS) is 1. The SMILES string of the molecule is Cc1cc(/C=C/c2nccc(-c3cccc(NC(=O)c4ccc(C(C)N5CCC(O)C5)cn4)c3C)c2C#N)c(Cl)cc1CN1CCC(C)(C(=O)O)C1. The fourth-order valence-corrected chi connectivity index (χ4v) is 7.38. The Labute approximate surface area is 309 Å². The van der Waals surface area contributed by atoms with Gasteiger partial charge in [-0.1, -0.05) is 41.9 Å². The van der Waals surface area contributed by atoms with Crippen LogP contribution in [0.3, 0.4) is 0 Å². The Morgan fingerprint density at radius 1 is 1.13 bits per heavy atom. The minimum Gasteiger partial charge on any atom is -0.481 e. The molecule has 0 saturated carbocycles. The zero-order chi connectivity index (χ0) is 37.2. The van der Waals surface area contributed by atoms with Gasteiger partial charge in [0.05, 0.1) is 22.8 Å². The number of rotatable bonds is 10. The van der Waals surface area contributed by atoms with Crippen LogP contribution in [0.15, 0.2) is 60.9 Å². The smallest absolute Gasteiger partial charge is 0.310 e. The molecule has 2 aromatic heterocycles. The second kappa shape index (κ2) is 15.4. The van der Waals surface area contributed by atoms with E-state index >= 15 is 0 Å². The summed E-state index contributed by atoms with van der Waals surface area (Å²) >= 11 is 6.74. The first-order chi connectivity index (χ1) is 24.9. The summed E-state index contributed by atoms with van der Waals surface area (Å²) in [4.78, 5) is 38.3. The van der Waals surface area contributed by atoms with E-state index in [0.29, 0.717) is 60.1 Å². The van der Waals surface area contributed by atoms with E-state index in [1.807, 2.05) is 56.3 Å². The Morgan fingerprint density at radius 3 is 2.62 bits per heavy atom. The van der Waals surface area contributed by atoms with E-state index in [4.69, 9.17) is 11.6 Å². The number of carbonyl (C=O) groups excluding carboxylic acids is 1. The highest BCUT2D eigenvalue weighted by Crippen LogP contribution is 2.34. The minimum absolute atomic E-state index is 0.0854. The van der Waals surface area contributed by atoms with Crippen molar-refractivity contribution in [1.82, 2.24) is 19.8 Å². The second-order valence-electron chi connectivity index (χ2n) is 14.2. The van der Waals surface area contributed by atoms with Crippen LogP contribution in [0.4, 0.5) is 5.69 Å². The molecular formula is C41H43ClN6O4. The van der Waals surface area contributed by atoms with E-state index in [2.05, 4.69) is 38.1 Å². The Balaban J connectivity index is 1.18. The van der Waals surface area contributed by atoms with Crippen LogP contribution in [0.5, 0.6) is 0 Å². The summed E-state index contributed by atoms with van der Waals surface area (Å²) < 4.78 is 0. The third-order valence-corrected chi connectivity index (χ3v) is 10.9. The molecular weight excluding hydrogens is 676 g/mol. The lowest BCUT2D eigenvalue weighted by Crippen LogP contribution is -2.31. The maximum Gasteiger partial charge on any atom is 0.310 e. The summed E-state index contributed by atoms with van der Waals surface area (Å²) in [6, 6.07) is 17.3. The molecule has 1 amide bonds. The maximum atomic E-state index is 13.3. The largest absolute Gasteiger partial charge is 0.481 e. The van der Waals surface area contributed by atoms with Crippen molar-refractivity contribution in [1.29, 1.82) is 5.26 Å². The van der Waals surface area contributed by atoms with Crippen molar-refractivity contribution < 1.29 is 19.8 Å². The Morgan fingerprint density at radius 2 is 1.94 bits per heavy atom. The molecule has 0 aliphatic carbocycles. The number of hydrogen-bond acceptors (Lipinski definition) is 8. The standard InChI is InChI=1S/C41H43ClN6O4/c1-25-18-28(35(42)19-30(25)22-47-17-14-41(4,24-47)40(51)52)8-10-37-34(20-43)33(12-15-44-37)32-6-5-7-36(26(32)2)46-39(50)38-11-9-29(21-45-38)27(3)48-16-13-31(49)23-48/h5-12,15,18-19,21,27,31,49H,13-14,16-17,22-24H2,1-4H3,(H,46,50)(H,51,52)/b10-8+. The molecule has 10 nitrogen and oxygen atoms in total. The number of aliphatic hydroxyl groups excluding tert-OH is 1. The molecule has 4 heterocycles. The Kier molecular flexibility index (Phi) is 10.9. The number of aryl methyl sites for hydroxylation is 1. The number of halogens is 1. The summed E-state index contributed by atoms with van der Waals surface area (Å²) in [6.07, 6.45) is 8.07. The number of aliphatic hydroxyl groups is 1. The Bertz CT molecular complexity index is 2080. The lowest BCUT2D eigenvalue weighted by molar-refractivity contribution is -0.147. The molecule has 2 fully saturated rings. The van der Waals surface area contributed by atoms with Crippen LogP contribution in [-0.2, 0) is 11.3 Å². The van der Waals surface area contributed by atoms with Crippen LogP contribution >= 0.6 is 11.6 Å². The van der Waals surface area contributed by atoms with Gasteiger partial charge >= 0.3 is 5.97 Å². The molecule has 2 saturated heterocycles. The first-order valence-electron chi connectivity index (χ1n) is 17.5. The number of carbonyl (C=O) groups is 2. The number of carboxylic acids is 1. The lowest BCUT2D eigenvalue weighted by atomic mass is 9.90. The number of benzene rings is 2. The van der Waals surface area contributed by atoms with Gasteiger partial charge < -0.3 is 15.5 Å². The highest BCUT2D eigenvalue weighted by Gasteiger charge is 2.40. The quantitative estimate of drug-likeness (QED) is 0.156. The van der Waals surface area contributed by atoms with Crippen LogP contribution in [0.25, 0.3) is 23.3 Å². The molecule has 0 spiro atoms. The molecule has 0 radical (unpaired) electrons. The number of aromatic nitrogens is 2. The first kappa shape index (κ1) is 36.9. The highest BCUT2D eigenvalue weighted by atomic mass is 35.5. The van der Waals surface area contributed by atoms with Crippen molar-refractivity contribution in [2.75, 3.05) is 31.5 Å². The number of nitriles is 1. The topological polar surface area (TPSA) is 143 Å². The van der Waals surface area contributed by atoms with E-state index in [0.717, 1.165) is 46.3 Å². The van der Waals surface area contributed by atoms with Gasteiger partial charge in [-0.25, -0.2) is 0 Å². The van der Waals surface area contributed by atoms with Gasteiger partial charge in [-0.3, -0.25) is 29.4 Å². The molecule has 2 aliphatic heterocycles. The van der Waals surface area contributed by atoms with Crippen LogP contribution < -0.4 is 5.32 Å².